The number of amides is 1. The van der Waals surface area contributed by atoms with Crippen molar-refractivity contribution in [2.45, 2.75) is 38.2 Å². The lowest BCUT2D eigenvalue weighted by Crippen LogP contribution is -2.12. The summed E-state index contributed by atoms with van der Waals surface area (Å²) in [6.45, 7) is 0. The van der Waals surface area contributed by atoms with Crippen LogP contribution in [-0.2, 0) is 4.79 Å². The summed E-state index contributed by atoms with van der Waals surface area (Å²) < 4.78 is 5.82. The maximum absolute atomic E-state index is 11.3. The number of hydrogen-bond donors (Lipinski definition) is 1. The van der Waals surface area contributed by atoms with Crippen LogP contribution in [0.4, 0.5) is 5.69 Å². The van der Waals surface area contributed by atoms with Crippen molar-refractivity contribution >= 4 is 23.2 Å². The number of ether oxygens (including phenoxy) is 1. The molecule has 19 heavy (non-hydrogen) atoms. The van der Waals surface area contributed by atoms with E-state index in [1.165, 1.54) is 12.8 Å². The van der Waals surface area contributed by atoms with Crippen LogP contribution in [0.15, 0.2) is 18.2 Å². The summed E-state index contributed by atoms with van der Waals surface area (Å²) in [7, 11) is 0. The molecular weight excluding hydrogens is 264 g/mol. The summed E-state index contributed by atoms with van der Waals surface area (Å²) in [6, 6.07) is 6.91. The topological polar surface area (TPSA) is 62.1 Å². The largest absolute Gasteiger partial charge is 0.489 e. The minimum Gasteiger partial charge on any atom is -0.489 e. The quantitative estimate of drug-likeness (QED) is 0.917. The van der Waals surface area contributed by atoms with Crippen molar-refractivity contribution < 1.29 is 9.53 Å². The predicted molar refractivity (Wildman–Crippen MR) is 73.2 cm³/mol. The van der Waals surface area contributed by atoms with Crippen molar-refractivity contribution in [2.24, 2.45) is 0 Å². The van der Waals surface area contributed by atoms with Crippen LogP contribution in [0.25, 0.3) is 0 Å². The Hall–Kier alpha value is -1.73. The number of hydrogen-bond acceptors (Lipinski definition) is 3. The van der Waals surface area contributed by atoms with Gasteiger partial charge in [0.1, 0.15) is 12.2 Å². The SMILES string of the molecule is N#CCC(=O)Nc1ccc(OC2CCCC2)c(Cl)c1. The number of halogens is 1. The normalized spacial score (nSPS) is 14.9. The molecule has 4 nitrogen and oxygen atoms in total. The minimum atomic E-state index is -0.344. The van der Waals surface area contributed by atoms with Crippen LogP contribution >= 0.6 is 11.6 Å². The lowest BCUT2D eigenvalue weighted by atomic mass is 10.2. The lowest BCUT2D eigenvalue weighted by Gasteiger charge is -2.15. The third kappa shape index (κ3) is 3.87. The molecule has 1 amide bonds. The number of nitriles is 1. The van der Waals surface area contributed by atoms with E-state index in [-0.39, 0.29) is 18.4 Å². The summed E-state index contributed by atoms with van der Waals surface area (Å²) >= 11 is 6.13. The highest BCUT2D eigenvalue weighted by atomic mass is 35.5. The number of nitrogens with one attached hydrogen (secondary N) is 1. The molecule has 1 fully saturated rings. The number of carbonyl (C=O) groups is 1. The first-order valence-corrected chi connectivity index (χ1v) is 6.70. The van der Waals surface area contributed by atoms with Crippen molar-refractivity contribution in [1.29, 1.82) is 5.26 Å². The predicted octanol–water partition coefficient (Wildman–Crippen LogP) is 3.51. The van der Waals surface area contributed by atoms with Gasteiger partial charge >= 0.3 is 0 Å². The second-order valence-electron chi connectivity index (χ2n) is 4.55. The lowest BCUT2D eigenvalue weighted by molar-refractivity contribution is -0.115. The molecule has 1 N–H and O–H groups in total. The van der Waals surface area contributed by atoms with Gasteiger partial charge in [-0.25, -0.2) is 0 Å². The summed E-state index contributed by atoms with van der Waals surface area (Å²) in [5.41, 5.74) is 0.573. The Balaban J connectivity index is 2.00. The number of rotatable bonds is 4. The number of anilines is 1. The molecule has 0 atom stereocenters. The van der Waals surface area contributed by atoms with Crippen LogP contribution in [0, 0.1) is 11.3 Å². The molecule has 0 saturated heterocycles. The van der Waals surface area contributed by atoms with Gasteiger partial charge < -0.3 is 10.1 Å². The van der Waals surface area contributed by atoms with Crippen molar-refractivity contribution in [2.75, 3.05) is 5.32 Å². The van der Waals surface area contributed by atoms with E-state index in [1.54, 1.807) is 24.3 Å². The van der Waals surface area contributed by atoms with Crippen LogP contribution in [-0.4, -0.2) is 12.0 Å². The first kappa shape index (κ1) is 13.7. The van der Waals surface area contributed by atoms with Gasteiger partial charge in [0, 0.05) is 5.69 Å². The molecule has 1 aliphatic rings. The van der Waals surface area contributed by atoms with E-state index in [1.807, 2.05) is 0 Å². The van der Waals surface area contributed by atoms with E-state index in [9.17, 15) is 4.79 Å². The Kier molecular flexibility index (Phi) is 4.64. The minimum absolute atomic E-state index is 0.169. The van der Waals surface area contributed by atoms with E-state index < -0.39 is 0 Å². The molecule has 0 bridgehead atoms. The number of benzene rings is 1. The average Bonchev–Trinajstić information content (AvgIpc) is 2.86. The van der Waals surface area contributed by atoms with Crippen molar-refractivity contribution in [1.82, 2.24) is 0 Å². The molecule has 0 aromatic heterocycles. The van der Waals surface area contributed by atoms with E-state index >= 15 is 0 Å². The Morgan fingerprint density at radius 2 is 2.21 bits per heavy atom. The maximum Gasteiger partial charge on any atom is 0.238 e. The zero-order valence-electron chi connectivity index (χ0n) is 10.5. The first-order valence-electron chi connectivity index (χ1n) is 6.32. The summed E-state index contributed by atoms with van der Waals surface area (Å²) in [6.07, 6.45) is 4.61. The molecular formula is C14H15ClN2O2. The zero-order valence-corrected chi connectivity index (χ0v) is 11.2. The third-order valence-electron chi connectivity index (χ3n) is 3.05. The van der Waals surface area contributed by atoms with Crippen LogP contribution in [0.3, 0.4) is 0 Å². The molecule has 1 saturated carbocycles. The highest BCUT2D eigenvalue weighted by Crippen LogP contribution is 2.31. The molecule has 100 valence electrons. The van der Waals surface area contributed by atoms with Crippen LogP contribution in [0.5, 0.6) is 5.75 Å². The van der Waals surface area contributed by atoms with Crippen LogP contribution in [0.2, 0.25) is 5.02 Å². The second kappa shape index (κ2) is 6.44. The Bertz CT molecular complexity index is 505. The summed E-state index contributed by atoms with van der Waals surface area (Å²) in [4.78, 5) is 11.3. The Labute approximate surface area is 117 Å². The highest BCUT2D eigenvalue weighted by molar-refractivity contribution is 6.32. The van der Waals surface area contributed by atoms with Gasteiger partial charge in [-0.2, -0.15) is 5.26 Å². The fourth-order valence-electron chi connectivity index (χ4n) is 2.14. The molecule has 5 heteroatoms. The molecule has 2 rings (SSSR count). The maximum atomic E-state index is 11.3. The molecule has 0 heterocycles. The van der Waals surface area contributed by atoms with E-state index in [4.69, 9.17) is 21.6 Å². The van der Waals surface area contributed by atoms with Gasteiger partial charge in [0.15, 0.2) is 0 Å². The molecule has 0 aliphatic heterocycles. The monoisotopic (exact) mass is 278 g/mol. The Morgan fingerprint density at radius 3 is 2.84 bits per heavy atom. The van der Waals surface area contributed by atoms with Crippen LogP contribution < -0.4 is 10.1 Å². The van der Waals surface area contributed by atoms with Gasteiger partial charge in [0.25, 0.3) is 0 Å². The number of carbonyl (C=O) groups excluding carboxylic acids is 1. The van der Waals surface area contributed by atoms with E-state index in [0.29, 0.717) is 16.5 Å². The summed E-state index contributed by atoms with van der Waals surface area (Å²) in [5, 5.41) is 11.5. The van der Waals surface area contributed by atoms with Crippen molar-refractivity contribution in [3.8, 4) is 11.8 Å². The standard InChI is InChI=1S/C14H15ClN2O2/c15-12-9-10(17-14(18)7-8-16)5-6-13(12)19-11-3-1-2-4-11/h5-6,9,11H,1-4,7H2,(H,17,18). The van der Waals surface area contributed by atoms with Gasteiger partial charge in [-0.1, -0.05) is 11.6 Å². The van der Waals surface area contributed by atoms with E-state index in [0.717, 1.165) is 12.8 Å². The van der Waals surface area contributed by atoms with Crippen LogP contribution in [0.1, 0.15) is 32.1 Å². The zero-order chi connectivity index (χ0) is 13.7. The van der Waals surface area contributed by atoms with Crippen molar-refractivity contribution in [3.05, 3.63) is 23.2 Å². The van der Waals surface area contributed by atoms with Gasteiger partial charge in [-0.3, -0.25) is 4.79 Å². The fraction of sp³-hybridized carbons (Fsp3) is 0.429. The molecule has 1 aliphatic carbocycles. The molecule has 1 aromatic rings. The van der Waals surface area contributed by atoms with Gasteiger partial charge in [0.2, 0.25) is 5.91 Å². The molecule has 0 unspecified atom stereocenters. The second-order valence-corrected chi connectivity index (χ2v) is 4.96. The van der Waals surface area contributed by atoms with Gasteiger partial charge in [-0.05, 0) is 43.9 Å². The summed E-state index contributed by atoms with van der Waals surface area (Å²) in [5.74, 6) is 0.301. The molecule has 1 aromatic carbocycles. The fourth-order valence-corrected chi connectivity index (χ4v) is 2.36. The van der Waals surface area contributed by atoms with Gasteiger partial charge in [-0.15, -0.1) is 0 Å². The molecule has 0 spiro atoms. The number of nitrogens with zero attached hydrogens (tertiary/aromatic N) is 1. The highest BCUT2D eigenvalue weighted by Gasteiger charge is 2.17. The van der Waals surface area contributed by atoms with Gasteiger partial charge in [0.05, 0.1) is 17.2 Å². The smallest absolute Gasteiger partial charge is 0.238 e. The Morgan fingerprint density at radius 1 is 1.47 bits per heavy atom. The molecule has 0 radical (unpaired) electrons. The van der Waals surface area contributed by atoms with E-state index in [2.05, 4.69) is 5.32 Å². The average molecular weight is 279 g/mol. The van der Waals surface area contributed by atoms with Crippen molar-refractivity contribution in [3.63, 3.8) is 0 Å². The third-order valence-corrected chi connectivity index (χ3v) is 3.35. The first-order chi connectivity index (χ1) is 9.19.